The molecular formula is C24H50S2. The van der Waals surface area contributed by atoms with E-state index < -0.39 is 0 Å². The number of rotatable bonds is 21. The predicted octanol–water partition coefficient (Wildman–Crippen LogP) is 9.92. The Morgan fingerprint density at radius 1 is 0.385 bits per heavy atom. The standard InChI is InChI=1S/C24H50S2/c1-23(2)19-15-11-7-5-9-13-17-21-25-26-22-18-14-10-6-8-12-16-20-24(3)4/h23-24H,5-22H2,1-4H3. The molecule has 0 aromatic heterocycles. The first-order chi connectivity index (χ1) is 12.6. The van der Waals surface area contributed by atoms with Gasteiger partial charge in [0.15, 0.2) is 0 Å². The topological polar surface area (TPSA) is 0 Å². The summed E-state index contributed by atoms with van der Waals surface area (Å²) in [4.78, 5) is 0. The van der Waals surface area contributed by atoms with Crippen molar-refractivity contribution in [3.05, 3.63) is 0 Å². The van der Waals surface area contributed by atoms with E-state index in [1.165, 1.54) is 114 Å². The summed E-state index contributed by atoms with van der Waals surface area (Å²) in [7, 11) is 4.25. The fourth-order valence-corrected chi connectivity index (χ4v) is 5.61. The summed E-state index contributed by atoms with van der Waals surface area (Å²) >= 11 is 0. The number of unbranched alkanes of at least 4 members (excludes halogenated alkanes) is 12. The molecule has 0 aliphatic heterocycles. The van der Waals surface area contributed by atoms with E-state index in [4.69, 9.17) is 0 Å². The van der Waals surface area contributed by atoms with Gasteiger partial charge in [-0.15, -0.1) is 0 Å². The fourth-order valence-electron chi connectivity index (χ4n) is 3.31. The van der Waals surface area contributed by atoms with E-state index in [1.54, 1.807) is 0 Å². The van der Waals surface area contributed by atoms with Crippen molar-refractivity contribution in [2.24, 2.45) is 11.8 Å². The molecule has 0 radical (unpaired) electrons. The van der Waals surface area contributed by atoms with Gasteiger partial charge in [0.2, 0.25) is 0 Å². The second kappa shape index (κ2) is 22.0. The van der Waals surface area contributed by atoms with Crippen LogP contribution in [0.2, 0.25) is 0 Å². The van der Waals surface area contributed by atoms with Gasteiger partial charge in [-0.1, -0.05) is 139 Å². The Bertz CT molecular complexity index is 225. The molecule has 0 saturated carbocycles. The second-order valence-corrected chi connectivity index (χ2v) is 11.7. The summed E-state index contributed by atoms with van der Waals surface area (Å²) in [5.74, 6) is 4.52. The largest absolute Gasteiger partial charge is 0.0942 e. The Hall–Kier alpha value is 0.700. The monoisotopic (exact) mass is 402 g/mol. The Kier molecular flexibility index (Phi) is 22.6. The SMILES string of the molecule is CC(C)CCCCCCCCCSSCCCCCCCCCC(C)C. The predicted molar refractivity (Wildman–Crippen MR) is 128 cm³/mol. The van der Waals surface area contributed by atoms with E-state index in [0.29, 0.717) is 0 Å². The molecule has 0 heterocycles. The van der Waals surface area contributed by atoms with Gasteiger partial charge in [-0.3, -0.25) is 0 Å². The molecule has 0 amide bonds. The highest BCUT2D eigenvalue weighted by atomic mass is 33.1. The molecule has 0 nitrogen and oxygen atoms in total. The van der Waals surface area contributed by atoms with Crippen LogP contribution in [-0.4, -0.2) is 11.5 Å². The van der Waals surface area contributed by atoms with Crippen LogP contribution < -0.4 is 0 Å². The molecule has 0 bridgehead atoms. The molecule has 0 atom stereocenters. The van der Waals surface area contributed by atoms with Gasteiger partial charge in [-0.2, -0.15) is 0 Å². The highest BCUT2D eigenvalue weighted by molar-refractivity contribution is 8.76. The van der Waals surface area contributed by atoms with Gasteiger partial charge in [0.25, 0.3) is 0 Å². The zero-order valence-electron chi connectivity index (χ0n) is 18.7. The average Bonchev–Trinajstić information content (AvgIpc) is 2.59. The molecule has 0 N–H and O–H groups in total. The van der Waals surface area contributed by atoms with Gasteiger partial charge in [-0.05, 0) is 24.7 Å². The van der Waals surface area contributed by atoms with Gasteiger partial charge in [0.1, 0.15) is 0 Å². The van der Waals surface area contributed by atoms with Crippen molar-refractivity contribution in [3.63, 3.8) is 0 Å². The van der Waals surface area contributed by atoms with Crippen molar-refractivity contribution in [1.82, 2.24) is 0 Å². The maximum Gasteiger partial charge on any atom is 0.00369 e. The van der Waals surface area contributed by atoms with E-state index in [1.807, 2.05) is 0 Å². The van der Waals surface area contributed by atoms with E-state index >= 15 is 0 Å². The summed E-state index contributed by atoms with van der Waals surface area (Å²) in [5.41, 5.74) is 0. The third-order valence-corrected chi connectivity index (χ3v) is 7.68. The first-order valence-corrected chi connectivity index (χ1v) is 14.4. The number of hydrogen-bond donors (Lipinski definition) is 0. The van der Waals surface area contributed by atoms with E-state index in [-0.39, 0.29) is 0 Å². The van der Waals surface area contributed by atoms with Crippen LogP contribution >= 0.6 is 21.6 Å². The average molecular weight is 403 g/mol. The lowest BCUT2D eigenvalue weighted by molar-refractivity contribution is 0.511. The van der Waals surface area contributed by atoms with Gasteiger partial charge in [0, 0.05) is 11.5 Å². The van der Waals surface area contributed by atoms with E-state index in [2.05, 4.69) is 49.3 Å². The highest BCUT2D eigenvalue weighted by Gasteiger charge is 1.97. The molecule has 0 aliphatic carbocycles. The van der Waals surface area contributed by atoms with Crippen molar-refractivity contribution >= 4 is 21.6 Å². The molecule has 0 aliphatic rings. The van der Waals surface area contributed by atoms with Crippen LogP contribution in [0.3, 0.4) is 0 Å². The van der Waals surface area contributed by atoms with Crippen LogP contribution in [0.4, 0.5) is 0 Å². The van der Waals surface area contributed by atoms with Crippen molar-refractivity contribution in [2.75, 3.05) is 11.5 Å². The third-order valence-electron chi connectivity index (χ3n) is 5.10. The first kappa shape index (κ1) is 26.7. The summed E-state index contributed by atoms with van der Waals surface area (Å²) in [6, 6.07) is 0. The van der Waals surface area contributed by atoms with Gasteiger partial charge in [0.05, 0.1) is 0 Å². The van der Waals surface area contributed by atoms with E-state index in [9.17, 15) is 0 Å². The molecule has 0 saturated heterocycles. The molecule has 0 aromatic rings. The number of hydrogen-bond acceptors (Lipinski definition) is 2. The van der Waals surface area contributed by atoms with Gasteiger partial charge >= 0.3 is 0 Å². The molecule has 0 unspecified atom stereocenters. The van der Waals surface area contributed by atoms with Crippen molar-refractivity contribution < 1.29 is 0 Å². The molecule has 0 fully saturated rings. The fraction of sp³-hybridized carbons (Fsp3) is 1.00. The molecule has 0 spiro atoms. The summed E-state index contributed by atoms with van der Waals surface area (Å²) in [6.45, 7) is 9.36. The molecule has 0 rings (SSSR count). The Labute approximate surface area is 175 Å². The maximum absolute atomic E-state index is 2.34. The lowest BCUT2D eigenvalue weighted by atomic mass is 10.0. The minimum Gasteiger partial charge on any atom is -0.0942 e. The Morgan fingerprint density at radius 2 is 0.654 bits per heavy atom. The minimum absolute atomic E-state index is 0.893. The van der Waals surface area contributed by atoms with Crippen LogP contribution in [0.15, 0.2) is 0 Å². The zero-order chi connectivity index (χ0) is 19.3. The quantitative estimate of drug-likeness (QED) is 0.138. The maximum atomic E-state index is 2.34. The summed E-state index contributed by atoms with van der Waals surface area (Å²) in [5, 5.41) is 0. The zero-order valence-corrected chi connectivity index (χ0v) is 20.3. The molecule has 0 aromatic carbocycles. The van der Waals surface area contributed by atoms with Gasteiger partial charge < -0.3 is 0 Å². The van der Waals surface area contributed by atoms with Crippen molar-refractivity contribution in [3.8, 4) is 0 Å². The van der Waals surface area contributed by atoms with E-state index in [0.717, 1.165) is 11.8 Å². The van der Waals surface area contributed by atoms with Gasteiger partial charge in [-0.25, -0.2) is 0 Å². The second-order valence-electron chi connectivity index (χ2n) is 8.96. The lowest BCUT2D eigenvalue weighted by Crippen LogP contribution is -1.88. The normalized spacial score (nSPS) is 11.8. The lowest BCUT2D eigenvalue weighted by Gasteiger charge is -2.05. The van der Waals surface area contributed by atoms with Crippen LogP contribution in [0.5, 0.6) is 0 Å². The molecule has 158 valence electrons. The molecular weight excluding hydrogens is 352 g/mol. The van der Waals surface area contributed by atoms with Crippen molar-refractivity contribution in [2.45, 2.75) is 130 Å². The third kappa shape index (κ3) is 24.7. The Morgan fingerprint density at radius 3 is 0.962 bits per heavy atom. The van der Waals surface area contributed by atoms with Crippen LogP contribution in [0.25, 0.3) is 0 Å². The Balaban J connectivity index is 2.99. The minimum atomic E-state index is 0.893. The van der Waals surface area contributed by atoms with Crippen LogP contribution in [0.1, 0.15) is 130 Å². The summed E-state index contributed by atoms with van der Waals surface area (Å²) < 4.78 is 0. The van der Waals surface area contributed by atoms with Crippen LogP contribution in [0, 0.1) is 11.8 Å². The smallest absolute Gasteiger partial charge is 0.00369 e. The van der Waals surface area contributed by atoms with Crippen LogP contribution in [-0.2, 0) is 0 Å². The van der Waals surface area contributed by atoms with Crippen molar-refractivity contribution in [1.29, 1.82) is 0 Å². The molecule has 2 heteroatoms. The summed E-state index contributed by atoms with van der Waals surface area (Å²) in [6.07, 6.45) is 23.2. The highest BCUT2D eigenvalue weighted by Crippen LogP contribution is 2.25. The molecule has 26 heavy (non-hydrogen) atoms. The first-order valence-electron chi connectivity index (χ1n) is 11.9.